The second-order valence-corrected chi connectivity index (χ2v) is 6.44. The first-order valence-corrected chi connectivity index (χ1v) is 8.05. The summed E-state index contributed by atoms with van der Waals surface area (Å²) in [5.74, 6) is -1.40. The van der Waals surface area contributed by atoms with Crippen molar-refractivity contribution in [3.63, 3.8) is 0 Å². The lowest BCUT2D eigenvalue weighted by Crippen LogP contribution is -2.46. The molecule has 1 aliphatic carbocycles. The Morgan fingerprint density at radius 1 is 1.22 bits per heavy atom. The van der Waals surface area contributed by atoms with E-state index < -0.39 is 24.0 Å². The Morgan fingerprint density at radius 2 is 1.83 bits per heavy atom. The molecule has 1 saturated carbocycles. The highest BCUT2D eigenvalue weighted by atomic mass is 35.5. The van der Waals surface area contributed by atoms with E-state index in [0.717, 1.165) is 12.8 Å². The molecule has 23 heavy (non-hydrogen) atoms. The molecular weight excluding hydrogens is 363 g/mol. The van der Waals surface area contributed by atoms with Gasteiger partial charge in [-0.2, -0.15) is 5.26 Å². The predicted molar refractivity (Wildman–Crippen MR) is 86.7 cm³/mol. The van der Waals surface area contributed by atoms with Crippen molar-refractivity contribution in [2.75, 3.05) is 6.61 Å². The summed E-state index contributed by atoms with van der Waals surface area (Å²) in [6.07, 6.45) is 2.94. The maximum Gasteiger partial charge on any atom is 0.341 e. The van der Waals surface area contributed by atoms with Crippen LogP contribution in [0, 0.1) is 11.3 Å². The molecule has 0 aromatic heterocycles. The number of halogens is 3. The maximum absolute atomic E-state index is 12.0. The van der Waals surface area contributed by atoms with Gasteiger partial charge in [0.1, 0.15) is 5.54 Å². The van der Waals surface area contributed by atoms with Crippen LogP contribution in [0.15, 0.2) is 12.1 Å². The Labute approximate surface area is 148 Å². The number of hydrogen-bond donors (Lipinski definition) is 1. The molecule has 1 amide bonds. The summed E-state index contributed by atoms with van der Waals surface area (Å²) in [6, 6.07) is 4.98. The predicted octanol–water partition coefficient (Wildman–Crippen LogP) is 3.76. The van der Waals surface area contributed by atoms with E-state index in [1.807, 2.05) is 0 Å². The van der Waals surface area contributed by atoms with E-state index in [1.165, 1.54) is 12.1 Å². The fourth-order valence-electron chi connectivity index (χ4n) is 2.46. The van der Waals surface area contributed by atoms with Crippen molar-refractivity contribution in [2.24, 2.45) is 0 Å². The van der Waals surface area contributed by atoms with Gasteiger partial charge in [-0.05, 0) is 37.8 Å². The SMILES string of the molecule is N#CC1(NC(=O)COC(=O)c2c(Cl)ccc(Cl)c2Cl)CCCC1. The summed E-state index contributed by atoms with van der Waals surface area (Å²) >= 11 is 17.7. The van der Waals surface area contributed by atoms with E-state index in [2.05, 4.69) is 11.4 Å². The van der Waals surface area contributed by atoms with Gasteiger partial charge in [0.05, 0.1) is 26.7 Å². The molecule has 0 heterocycles. The number of ether oxygens (including phenoxy) is 1. The van der Waals surface area contributed by atoms with E-state index in [4.69, 9.17) is 39.5 Å². The highest BCUT2D eigenvalue weighted by molar-refractivity contribution is 6.46. The van der Waals surface area contributed by atoms with Crippen LogP contribution in [-0.4, -0.2) is 24.0 Å². The van der Waals surface area contributed by atoms with Crippen molar-refractivity contribution in [1.82, 2.24) is 5.32 Å². The number of nitrogens with one attached hydrogen (secondary N) is 1. The standard InChI is InChI=1S/C15H13Cl3N2O3/c16-9-3-4-10(17)13(18)12(9)14(22)23-7-11(21)20-15(8-19)5-1-2-6-15/h3-4H,1-2,5-7H2,(H,20,21). The van der Waals surface area contributed by atoms with Crippen LogP contribution >= 0.6 is 34.8 Å². The molecular formula is C15H13Cl3N2O3. The number of nitrogens with zero attached hydrogens (tertiary/aromatic N) is 1. The lowest BCUT2D eigenvalue weighted by atomic mass is 10.00. The molecule has 122 valence electrons. The van der Waals surface area contributed by atoms with Crippen molar-refractivity contribution in [3.8, 4) is 6.07 Å². The molecule has 0 unspecified atom stereocenters. The van der Waals surface area contributed by atoms with Crippen molar-refractivity contribution in [3.05, 3.63) is 32.8 Å². The van der Waals surface area contributed by atoms with E-state index in [1.54, 1.807) is 0 Å². The van der Waals surface area contributed by atoms with Gasteiger partial charge in [0.25, 0.3) is 5.91 Å². The number of hydrogen-bond acceptors (Lipinski definition) is 4. The van der Waals surface area contributed by atoms with Crippen LogP contribution in [0.5, 0.6) is 0 Å². The first kappa shape index (κ1) is 17.9. The lowest BCUT2D eigenvalue weighted by Gasteiger charge is -2.21. The van der Waals surface area contributed by atoms with Crippen LogP contribution in [0.4, 0.5) is 0 Å². The third kappa shape index (κ3) is 4.08. The highest BCUT2D eigenvalue weighted by Crippen LogP contribution is 2.32. The summed E-state index contributed by atoms with van der Waals surface area (Å²) in [5.41, 5.74) is -0.959. The molecule has 1 aliphatic rings. The highest BCUT2D eigenvalue weighted by Gasteiger charge is 2.35. The van der Waals surface area contributed by atoms with Gasteiger partial charge in [-0.25, -0.2) is 4.79 Å². The van der Waals surface area contributed by atoms with E-state index in [-0.39, 0.29) is 20.6 Å². The van der Waals surface area contributed by atoms with Gasteiger partial charge >= 0.3 is 5.97 Å². The fraction of sp³-hybridized carbons (Fsp3) is 0.400. The number of carbonyl (C=O) groups excluding carboxylic acids is 2. The number of benzene rings is 1. The molecule has 1 aromatic rings. The third-order valence-corrected chi connectivity index (χ3v) is 4.75. The molecule has 0 atom stereocenters. The molecule has 0 saturated heterocycles. The van der Waals surface area contributed by atoms with Gasteiger partial charge in [0, 0.05) is 0 Å². The normalized spacial score (nSPS) is 15.7. The number of nitriles is 1. The first-order chi connectivity index (χ1) is 10.9. The Kier molecular flexibility index (Phi) is 5.74. The zero-order valence-electron chi connectivity index (χ0n) is 12.0. The van der Waals surface area contributed by atoms with E-state index in [9.17, 15) is 14.9 Å². The second-order valence-electron chi connectivity index (χ2n) is 5.24. The van der Waals surface area contributed by atoms with Crippen LogP contribution in [0.2, 0.25) is 15.1 Å². The average Bonchev–Trinajstić information content (AvgIpc) is 2.98. The van der Waals surface area contributed by atoms with Crippen LogP contribution in [0.25, 0.3) is 0 Å². The average molecular weight is 376 g/mol. The largest absolute Gasteiger partial charge is 0.452 e. The second kappa shape index (κ2) is 7.39. The number of esters is 1. The Balaban J connectivity index is 1.99. The number of carbonyl (C=O) groups is 2. The van der Waals surface area contributed by atoms with Crippen LogP contribution < -0.4 is 5.32 Å². The Hall–Kier alpha value is -1.48. The third-order valence-electron chi connectivity index (χ3n) is 3.63. The van der Waals surface area contributed by atoms with Crippen molar-refractivity contribution < 1.29 is 14.3 Å². The topological polar surface area (TPSA) is 79.2 Å². The Morgan fingerprint density at radius 3 is 2.43 bits per heavy atom. The quantitative estimate of drug-likeness (QED) is 0.642. The minimum Gasteiger partial charge on any atom is -0.452 e. The van der Waals surface area contributed by atoms with Gasteiger partial charge in [0.15, 0.2) is 6.61 Å². The summed E-state index contributed by atoms with van der Waals surface area (Å²) in [4.78, 5) is 23.9. The first-order valence-electron chi connectivity index (χ1n) is 6.91. The number of rotatable bonds is 4. The molecule has 1 fully saturated rings. The molecule has 0 bridgehead atoms. The van der Waals surface area contributed by atoms with Gasteiger partial charge in [0.2, 0.25) is 0 Å². The molecule has 0 spiro atoms. The van der Waals surface area contributed by atoms with Crippen molar-refractivity contribution >= 4 is 46.7 Å². The molecule has 1 N–H and O–H groups in total. The molecule has 8 heteroatoms. The summed E-state index contributed by atoms with van der Waals surface area (Å²) in [7, 11) is 0. The zero-order chi connectivity index (χ0) is 17.0. The summed E-state index contributed by atoms with van der Waals surface area (Å²) in [6.45, 7) is -0.526. The smallest absolute Gasteiger partial charge is 0.341 e. The summed E-state index contributed by atoms with van der Waals surface area (Å²) < 4.78 is 4.92. The maximum atomic E-state index is 12.0. The van der Waals surface area contributed by atoms with Gasteiger partial charge < -0.3 is 10.1 Å². The van der Waals surface area contributed by atoms with Crippen molar-refractivity contribution in [1.29, 1.82) is 5.26 Å². The molecule has 1 aromatic carbocycles. The van der Waals surface area contributed by atoms with Gasteiger partial charge in [-0.15, -0.1) is 0 Å². The molecule has 5 nitrogen and oxygen atoms in total. The number of amides is 1. The van der Waals surface area contributed by atoms with E-state index in [0.29, 0.717) is 12.8 Å². The lowest BCUT2D eigenvalue weighted by molar-refractivity contribution is -0.125. The Bertz CT molecular complexity index is 679. The molecule has 2 rings (SSSR count). The van der Waals surface area contributed by atoms with Crippen LogP contribution in [0.3, 0.4) is 0 Å². The summed E-state index contributed by atoms with van der Waals surface area (Å²) in [5, 5.41) is 12.0. The minimum atomic E-state index is -0.866. The molecule has 0 radical (unpaired) electrons. The zero-order valence-corrected chi connectivity index (χ0v) is 14.3. The van der Waals surface area contributed by atoms with Crippen LogP contribution in [-0.2, 0) is 9.53 Å². The van der Waals surface area contributed by atoms with Crippen LogP contribution in [0.1, 0.15) is 36.0 Å². The van der Waals surface area contributed by atoms with Gasteiger partial charge in [-0.3, -0.25) is 4.79 Å². The van der Waals surface area contributed by atoms with Gasteiger partial charge in [-0.1, -0.05) is 34.8 Å². The van der Waals surface area contributed by atoms with Crippen molar-refractivity contribution in [2.45, 2.75) is 31.2 Å². The monoisotopic (exact) mass is 374 g/mol. The van der Waals surface area contributed by atoms with E-state index >= 15 is 0 Å². The minimum absolute atomic E-state index is 0.0335. The fourth-order valence-corrected chi connectivity index (χ4v) is 3.15. The molecule has 0 aliphatic heterocycles.